The molecule has 0 aliphatic carbocycles. The summed E-state index contributed by atoms with van der Waals surface area (Å²) in [6, 6.07) is 0. The van der Waals surface area contributed by atoms with Gasteiger partial charge in [-0.25, -0.2) is 4.79 Å². The van der Waals surface area contributed by atoms with Crippen molar-refractivity contribution >= 4 is 6.09 Å². The van der Waals surface area contributed by atoms with E-state index in [0.29, 0.717) is 0 Å². The molecule has 0 spiro atoms. The summed E-state index contributed by atoms with van der Waals surface area (Å²) in [6.07, 6.45) is 3.22. The summed E-state index contributed by atoms with van der Waals surface area (Å²) in [7, 11) is 1.43. The van der Waals surface area contributed by atoms with E-state index in [1.165, 1.54) is 20.0 Å². The fourth-order valence-corrected chi connectivity index (χ4v) is 1.80. The van der Waals surface area contributed by atoms with Gasteiger partial charge in [-0.05, 0) is 13.0 Å². The first-order chi connectivity index (χ1) is 7.27. The first-order valence-corrected chi connectivity index (χ1v) is 5.62. The lowest BCUT2D eigenvalue weighted by atomic mass is 10.2. The molecule has 0 unspecified atom stereocenters. The minimum Gasteiger partial charge on any atom is -0.453 e. The first-order valence-electron chi connectivity index (χ1n) is 5.62. The van der Waals surface area contributed by atoms with Gasteiger partial charge >= 0.3 is 6.09 Å². The summed E-state index contributed by atoms with van der Waals surface area (Å²) in [5, 5.41) is 0. The Labute approximate surface area is 92.2 Å². The van der Waals surface area contributed by atoms with Gasteiger partial charge in [-0.2, -0.15) is 0 Å². The molecule has 1 saturated heterocycles. The molecule has 1 heterocycles. The molecule has 0 aromatic carbocycles. The molecule has 1 fully saturated rings. The van der Waals surface area contributed by atoms with Crippen LogP contribution in [0.2, 0.25) is 0 Å². The van der Waals surface area contributed by atoms with Crippen LogP contribution in [0, 0.1) is 6.92 Å². The molecule has 87 valence electrons. The molecule has 0 atom stereocenters. The van der Waals surface area contributed by atoms with Gasteiger partial charge in [0.2, 0.25) is 0 Å². The van der Waals surface area contributed by atoms with Crippen molar-refractivity contribution in [2.75, 3.05) is 39.8 Å². The third-order valence-corrected chi connectivity index (χ3v) is 2.78. The number of carbonyl (C=O) groups is 1. The van der Waals surface area contributed by atoms with Crippen LogP contribution in [-0.4, -0.2) is 55.7 Å². The molecule has 0 N–H and O–H groups in total. The van der Waals surface area contributed by atoms with Crippen molar-refractivity contribution in [3.05, 3.63) is 6.92 Å². The minimum absolute atomic E-state index is 0.201. The Morgan fingerprint density at radius 2 is 1.93 bits per heavy atom. The van der Waals surface area contributed by atoms with Gasteiger partial charge in [0.25, 0.3) is 0 Å². The summed E-state index contributed by atoms with van der Waals surface area (Å²) in [6.45, 7) is 8.46. The van der Waals surface area contributed by atoms with Gasteiger partial charge in [0.1, 0.15) is 0 Å². The number of amides is 1. The second-order valence-electron chi connectivity index (χ2n) is 3.86. The molecule has 0 aromatic rings. The maximum atomic E-state index is 11.2. The number of methoxy groups -OCH3 is 1. The molecule has 1 rings (SSSR count). The van der Waals surface area contributed by atoms with E-state index in [2.05, 4.69) is 16.6 Å². The molecule has 0 saturated carbocycles. The highest BCUT2D eigenvalue weighted by Gasteiger charge is 2.20. The lowest BCUT2D eigenvalue weighted by Crippen LogP contribution is -2.48. The van der Waals surface area contributed by atoms with E-state index in [1.54, 1.807) is 4.90 Å². The number of rotatable bonds is 4. The maximum Gasteiger partial charge on any atom is 0.409 e. The fourth-order valence-electron chi connectivity index (χ4n) is 1.80. The zero-order valence-electron chi connectivity index (χ0n) is 9.57. The van der Waals surface area contributed by atoms with Crippen molar-refractivity contribution in [1.82, 2.24) is 9.80 Å². The van der Waals surface area contributed by atoms with E-state index in [1.807, 2.05) is 0 Å². The SMILES string of the molecule is [CH2]CCCCN1CCN(C(=O)OC)CC1. The van der Waals surface area contributed by atoms with E-state index < -0.39 is 0 Å². The van der Waals surface area contributed by atoms with Crippen LogP contribution in [-0.2, 0) is 4.74 Å². The van der Waals surface area contributed by atoms with Crippen LogP contribution in [0.15, 0.2) is 0 Å². The van der Waals surface area contributed by atoms with Crippen LogP contribution in [0.3, 0.4) is 0 Å². The quantitative estimate of drug-likeness (QED) is 0.661. The van der Waals surface area contributed by atoms with Gasteiger partial charge in [-0.1, -0.05) is 19.8 Å². The van der Waals surface area contributed by atoms with E-state index in [4.69, 9.17) is 0 Å². The van der Waals surface area contributed by atoms with E-state index in [9.17, 15) is 4.79 Å². The fraction of sp³-hybridized carbons (Fsp3) is 0.818. The lowest BCUT2D eigenvalue weighted by Gasteiger charge is -2.33. The van der Waals surface area contributed by atoms with Crippen molar-refractivity contribution in [2.24, 2.45) is 0 Å². The molecule has 4 nitrogen and oxygen atoms in total. The van der Waals surface area contributed by atoms with Crippen molar-refractivity contribution in [2.45, 2.75) is 19.3 Å². The molecule has 0 bridgehead atoms. The Kier molecular flexibility index (Phi) is 5.47. The van der Waals surface area contributed by atoms with Crippen molar-refractivity contribution in [3.8, 4) is 0 Å². The summed E-state index contributed by atoms with van der Waals surface area (Å²) >= 11 is 0. The van der Waals surface area contributed by atoms with Crippen LogP contribution in [0.5, 0.6) is 0 Å². The maximum absolute atomic E-state index is 11.2. The molecular formula is C11H21N2O2. The standard InChI is InChI=1S/C11H21N2O2/c1-3-4-5-6-12-7-9-13(10-8-12)11(14)15-2/h1,3-10H2,2H3. The highest BCUT2D eigenvalue weighted by atomic mass is 16.5. The summed E-state index contributed by atoms with van der Waals surface area (Å²) < 4.78 is 4.68. The highest BCUT2D eigenvalue weighted by Crippen LogP contribution is 2.05. The third-order valence-electron chi connectivity index (χ3n) is 2.78. The highest BCUT2D eigenvalue weighted by molar-refractivity contribution is 5.67. The zero-order chi connectivity index (χ0) is 11.1. The van der Waals surface area contributed by atoms with Gasteiger partial charge in [0, 0.05) is 26.2 Å². The van der Waals surface area contributed by atoms with Crippen LogP contribution in [0.4, 0.5) is 4.79 Å². The molecule has 4 heteroatoms. The number of piperazine rings is 1. The number of unbranched alkanes of at least 4 members (excludes halogenated alkanes) is 2. The molecule has 15 heavy (non-hydrogen) atoms. The van der Waals surface area contributed by atoms with Gasteiger partial charge in [-0.3, -0.25) is 4.90 Å². The number of hydrogen-bond donors (Lipinski definition) is 0. The molecule has 0 aromatic heterocycles. The number of hydrogen-bond acceptors (Lipinski definition) is 3. The van der Waals surface area contributed by atoms with Crippen LogP contribution >= 0.6 is 0 Å². The molecule has 1 amide bonds. The lowest BCUT2D eigenvalue weighted by molar-refractivity contribution is 0.0905. The molecule has 1 radical (unpaired) electrons. The Morgan fingerprint density at radius 3 is 2.47 bits per heavy atom. The number of ether oxygens (including phenoxy) is 1. The van der Waals surface area contributed by atoms with E-state index >= 15 is 0 Å². The van der Waals surface area contributed by atoms with Gasteiger partial charge in [0.15, 0.2) is 0 Å². The Morgan fingerprint density at radius 1 is 1.27 bits per heavy atom. The van der Waals surface area contributed by atoms with Crippen molar-refractivity contribution < 1.29 is 9.53 Å². The predicted octanol–water partition coefficient (Wildman–Crippen LogP) is 1.37. The summed E-state index contributed by atoms with van der Waals surface area (Å²) in [5.41, 5.74) is 0. The molecular weight excluding hydrogens is 192 g/mol. The summed E-state index contributed by atoms with van der Waals surface area (Å²) in [5.74, 6) is 0. The monoisotopic (exact) mass is 213 g/mol. The largest absolute Gasteiger partial charge is 0.453 e. The van der Waals surface area contributed by atoms with Crippen LogP contribution in [0.1, 0.15) is 19.3 Å². The number of nitrogens with zero attached hydrogens (tertiary/aromatic N) is 2. The first kappa shape index (κ1) is 12.3. The normalized spacial score (nSPS) is 17.9. The molecule has 1 aliphatic heterocycles. The average Bonchev–Trinajstić information content (AvgIpc) is 2.29. The van der Waals surface area contributed by atoms with E-state index in [-0.39, 0.29) is 6.09 Å². The second kappa shape index (κ2) is 6.67. The zero-order valence-corrected chi connectivity index (χ0v) is 9.57. The Balaban J connectivity index is 2.15. The van der Waals surface area contributed by atoms with Crippen LogP contribution in [0.25, 0.3) is 0 Å². The minimum atomic E-state index is -0.201. The summed E-state index contributed by atoms with van der Waals surface area (Å²) in [4.78, 5) is 15.4. The number of carbonyl (C=O) groups excluding carboxylic acids is 1. The predicted molar refractivity (Wildman–Crippen MR) is 59.6 cm³/mol. The van der Waals surface area contributed by atoms with Crippen LogP contribution < -0.4 is 0 Å². The Bertz CT molecular complexity index is 189. The average molecular weight is 213 g/mol. The topological polar surface area (TPSA) is 32.8 Å². The molecule has 1 aliphatic rings. The Hall–Kier alpha value is -0.770. The van der Waals surface area contributed by atoms with Crippen molar-refractivity contribution in [1.29, 1.82) is 0 Å². The van der Waals surface area contributed by atoms with Gasteiger partial charge in [0.05, 0.1) is 7.11 Å². The van der Waals surface area contributed by atoms with Crippen molar-refractivity contribution in [3.63, 3.8) is 0 Å². The van der Waals surface area contributed by atoms with Gasteiger partial charge < -0.3 is 9.64 Å². The second-order valence-corrected chi connectivity index (χ2v) is 3.86. The van der Waals surface area contributed by atoms with E-state index in [0.717, 1.165) is 39.1 Å². The smallest absolute Gasteiger partial charge is 0.409 e. The third kappa shape index (κ3) is 4.08. The van der Waals surface area contributed by atoms with Gasteiger partial charge in [-0.15, -0.1) is 0 Å².